The largest absolute Gasteiger partial charge is 0.397 e. The van der Waals surface area contributed by atoms with Crippen molar-refractivity contribution in [2.24, 2.45) is 0 Å². The minimum Gasteiger partial charge on any atom is -0.397 e. The fourth-order valence-electron chi connectivity index (χ4n) is 2.45. The molecule has 0 fully saturated rings. The first-order valence-corrected chi connectivity index (χ1v) is 5.94. The molecule has 1 aliphatic heterocycles. The van der Waals surface area contributed by atoms with E-state index in [9.17, 15) is 0 Å². The van der Waals surface area contributed by atoms with Gasteiger partial charge < -0.3 is 10.6 Å². The van der Waals surface area contributed by atoms with Gasteiger partial charge in [0.1, 0.15) is 0 Å². The molecule has 2 aromatic rings. The van der Waals surface area contributed by atoms with E-state index >= 15 is 0 Å². The van der Waals surface area contributed by atoms with E-state index < -0.39 is 0 Å². The Balaban J connectivity index is 1.75. The van der Waals surface area contributed by atoms with Crippen molar-refractivity contribution in [2.45, 2.75) is 13.0 Å². The number of nitrogens with zero attached hydrogens (tertiary/aromatic N) is 3. The quantitative estimate of drug-likeness (QED) is 0.810. The van der Waals surface area contributed by atoms with E-state index in [1.807, 2.05) is 35.3 Å². The standard InChI is InChI=1S/C13H16N4/c14-12-4-1-3-11-5-8-16(13(11)12)9-10-17-7-2-6-15-17/h1-4,6-7H,5,8-10,14H2. The molecule has 4 nitrogen and oxygen atoms in total. The van der Waals surface area contributed by atoms with Gasteiger partial charge in [-0.2, -0.15) is 5.10 Å². The molecule has 1 aliphatic rings. The number of fused-ring (bicyclic) bond motifs is 1. The molecule has 17 heavy (non-hydrogen) atoms. The van der Waals surface area contributed by atoms with Crippen LogP contribution in [0.2, 0.25) is 0 Å². The van der Waals surface area contributed by atoms with Crippen molar-refractivity contribution in [2.75, 3.05) is 23.7 Å². The first-order valence-electron chi connectivity index (χ1n) is 5.94. The SMILES string of the molecule is Nc1cccc2c1N(CCn1cccn1)CC2. The summed E-state index contributed by atoms with van der Waals surface area (Å²) in [4.78, 5) is 2.35. The zero-order valence-electron chi connectivity index (χ0n) is 9.71. The number of aromatic nitrogens is 2. The zero-order valence-corrected chi connectivity index (χ0v) is 9.71. The molecule has 3 rings (SSSR count). The normalized spacial score (nSPS) is 14.0. The van der Waals surface area contributed by atoms with Crippen molar-refractivity contribution < 1.29 is 0 Å². The Morgan fingerprint density at radius 3 is 3.00 bits per heavy atom. The van der Waals surface area contributed by atoms with E-state index in [0.29, 0.717) is 0 Å². The van der Waals surface area contributed by atoms with Crippen LogP contribution >= 0.6 is 0 Å². The maximum Gasteiger partial charge on any atom is 0.0633 e. The van der Waals surface area contributed by atoms with Gasteiger partial charge in [0, 0.05) is 25.5 Å². The van der Waals surface area contributed by atoms with Crippen molar-refractivity contribution in [3.8, 4) is 0 Å². The van der Waals surface area contributed by atoms with E-state index in [1.165, 1.54) is 11.3 Å². The molecule has 0 bridgehead atoms. The maximum absolute atomic E-state index is 6.05. The Morgan fingerprint density at radius 2 is 2.18 bits per heavy atom. The van der Waals surface area contributed by atoms with Crippen LogP contribution in [0.3, 0.4) is 0 Å². The highest BCUT2D eigenvalue weighted by atomic mass is 15.3. The summed E-state index contributed by atoms with van der Waals surface area (Å²) in [6, 6.07) is 8.13. The van der Waals surface area contributed by atoms with Crippen LogP contribution in [0.1, 0.15) is 5.56 Å². The molecular formula is C13H16N4. The van der Waals surface area contributed by atoms with E-state index in [2.05, 4.69) is 16.1 Å². The van der Waals surface area contributed by atoms with Crippen LogP contribution in [-0.4, -0.2) is 22.9 Å². The smallest absolute Gasteiger partial charge is 0.0633 e. The lowest BCUT2D eigenvalue weighted by molar-refractivity contribution is 0.603. The van der Waals surface area contributed by atoms with Gasteiger partial charge in [0.25, 0.3) is 0 Å². The van der Waals surface area contributed by atoms with Crippen molar-refractivity contribution in [3.63, 3.8) is 0 Å². The molecule has 0 saturated heterocycles. The number of hydrogen-bond donors (Lipinski definition) is 1. The first-order chi connectivity index (χ1) is 8.34. The number of nitrogen functional groups attached to an aromatic ring is 1. The Labute approximate surface area is 101 Å². The summed E-state index contributed by atoms with van der Waals surface area (Å²) in [5.74, 6) is 0. The second kappa shape index (κ2) is 4.13. The molecule has 88 valence electrons. The zero-order chi connectivity index (χ0) is 11.7. The lowest BCUT2D eigenvalue weighted by Crippen LogP contribution is -2.26. The first kappa shape index (κ1) is 10.2. The minimum absolute atomic E-state index is 0.889. The molecule has 0 radical (unpaired) electrons. The summed E-state index contributed by atoms with van der Waals surface area (Å²) < 4.78 is 1.96. The third-order valence-corrected chi connectivity index (χ3v) is 3.28. The van der Waals surface area contributed by atoms with E-state index in [4.69, 9.17) is 5.73 Å². The summed E-state index contributed by atoms with van der Waals surface area (Å²) in [5.41, 5.74) is 9.52. The summed E-state index contributed by atoms with van der Waals surface area (Å²) >= 11 is 0. The van der Waals surface area contributed by atoms with Crippen LogP contribution in [0, 0.1) is 0 Å². The average molecular weight is 228 g/mol. The highest BCUT2D eigenvalue weighted by molar-refractivity contribution is 5.74. The van der Waals surface area contributed by atoms with Gasteiger partial charge in [0.2, 0.25) is 0 Å². The van der Waals surface area contributed by atoms with E-state index in [0.717, 1.165) is 31.7 Å². The molecule has 0 aliphatic carbocycles. The molecular weight excluding hydrogens is 212 g/mol. The molecule has 0 unspecified atom stereocenters. The second-order valence-corrected chi connectivity index (χ2v) is 4.36. The molecule has 0 amide bonds. The Morgan fingerprint density at radius 1 is 1.24 bits per heavy atom. The molecule has 4 heteroatoms. The van der Waals surface area contributed by atoms with Gasteiger partial charge in [-0.1, -0.05) is 12.1 Å². The van der Waals surface area contributed by atoms with E-state index in [1.54, 1.807) is 0 Å². The van der Waals surface area contributed by atoms with Gasteiger partial charge in [-0.25, -0.2) is 0 Å². The van der Waals surface area contributed by atoms with Gasteiger partial charge in [-0.05, 0) is 24.1 Å². The Hall–Kier alpha value is -1.97. The van der Waals surface area contributed by atoms with Crippen LogP contribution in [-0.2, 0) is 13.0 Å². The summed E-state index contributed by atoms with van der Waals surface area (Å²) in [6.07, 6.45) is 4.90. The fraction of sp³-hybridized carbons (Fsp3) is 0.308. The van der Waals surface area contributed by atoms with Crippen LogP contribution in [0.4, 0.5) is 11.4 Å². The molecule has 2 N–H and O–H groups in total. The average Bonchev–Trinajstić information content (AvgIpc) is 2.95. The van der Waals surface area contributed by atoms with Crippen molar-refractivity contribution in [1.29, 1.82) is 0 Å². The molecule has 0 saturated carbocycles. The summed E-state index contributed by atoms with van der Waals surface area (Å²) in [5, 5.41) is 4.21. The molecule has 0 atom stereocenters. The number of benzene rings is 1. The van der Waals surface area contributed by atoms with Gasteiger partial charge in [0.15, 0.2) is 0 Å². The predicted octanol–water partition coefficient (Wildman–Crippen LogP) is 1.53. The number of para-hydroxylation sites is 1. The second-order valence-electron chi connectivity index (χ2n) is 4.36. The van der Waals surface area contributed by atoms with Gasteiger partial charge in [-0.15, -0.1) is 0 Å². The lowest BCUT2D eigenvalue weighted by Gasteiger charge is -2.20. The Kier molecular flexibility index (Phi) is 2.48. The Bertz CT molecular complexity index is 504. The lowest BCUT2D eigenvalue weighted by atomic mass is 10.1. The molecule has 1 aromatic carbocycles. The van der Waals surface area contributed by atoms with Gasteiger partial charge in [0.05, 0.1) is 17.9 Å². The van der Waals surface area contributed by atoms with Crippen LogP contribution in [0.5, 0.6) is 0 Å². The summed E-state index contributed by atoms with van der Waals surface area (Å²) in [7, 11) is 0. The van der Waals surface area contributed by atoms with Crippen LogP contribution in [0.25, 0.3) is 0 Å². The monoisotopic (exact) mass is 228 g/mol. The molecule has 2 heterocycles. The predicted molar refractivity (Wildman–Crippen MR) is 69.0 cm³/mol. The van der Waals surface area contributed by atoms with Crippen LogP contribution in [0.15, 0.2) is 36.7 Å². The highest BCUT2D eigenvalue weighted by Gasteiger charge is 2.20. The van der Waals surface area contributed by atoms with Gasteiger partial charge in [-0.3, -0.25) is 4.68 Å². The molecule has 1 aromatic heterocycles. The highest BCUT2D eigenvalue weighted by Crippen LogP contribution is 2.33. The molecule has 0 spiro atoms. The number of nitrogens with two attached hydrogens (primary N) is 1. The van der Waals surface area contributed by atoms with E-state index in [-0.39, 0.29) is 0 Å². The minimum atomic E-state index is 0.889. The van der Waals surface area contributed by atoms with Gasteiger partial charge >= 0.3 is 0 Å². The van der Waals surface area contributed by atoms with Crippen molar-refractivity contribution in [1.82, 2.24) is 9.78 Å². The maximum atomic E-state index is 6.05. The van der Waals surface area contributed by atoms with Crippen molar-refractivity contribution >= 4 is 11.4 Å². The topological polar surface area (TPSA) is 47.1 Å². The summed E-state index contributed by atoms with van der Waals surface area (Å²) in [6.45, 7) is 2.93. The van der Waals surface area contributed by atoms with Crippen LogP contribution < -0.4 is 10.6 Å². The number of hydrogen-bond acceptors (Lipinski definition) is 3. The number of rotatable bonds is 3. The third-order valence-electron chi connectivity index (χ3n) is 3.28. The third kappa shape index (κ3) is 1.86. The fourth-order valence-corrected chi connectivity index (χ4v) is 2.45. The van der Waals surface area contributed by atoms with Crippen molar-refractivity contribution in [3.05, 3.63) is 42.2 Å². The number of anilines is 2.